The smallest absolute Gasteiger partial charge is 0.357 e. The molecule has 1 fully saturated rings. The van der Waals surface area contributed by atoms with Crippen LogP contribution in [0.2, 0.25) is 0 Å². The van der Waals surface area contributed by atoms with Crippen LogP contribution in [-0.2, 0) is 6.18 Å². The van der Waals surface area contributed by atoms with Crippen molar-refractivity contribution in [3.8, 4) is 0 Å². The number of rotatable bonds is 2. The lowest BCUT2D eigenvalue weighted by molar-refractivity contribution is -0.138. The molecule has 0 radical (unpaired) electrons. The first-order valence-corrected chi connectivity index (χ1v) is 6.85. The molecule has 0 amide bonds. The Hall–Kier alpha value is -0.850. The third kappa shape index (κ3) is 3.13. The van der Waals surface area contributed by atoms with Crippen LogP contribution in [0.15, 0.2) is 0 Å². The zero-order valence-electron chi connectivity index (χ0n) is 10.3. The van der Waals surface area contributed by atoms with Crippen LogP contribution in [0.5, 0.6) is 0 Å². The van der Waals surface area contributed by atoms with Crippen LogP contribution >= 0.6 is 11.3 Å². The van der Waals surface area contributed by atoms with Crippen molar-refractivity contribution >= 4 is 16.5 Å². The summed E-state index contributed by atoms with van der Waals surface area (Å²) in [5.41, 5.74) is 0. The lowest BCUT2D eigenvalue weighted by Crippen LogP contribution is -2.32. The highest BCUT2D eigenvalue weighted by Gasteiger charge is 2.36. The van der Waals surface area contributed by atoms with Gasteiger partial charge in [-0.2, -0.15) is 13.2 Å². The summed E-state index contributed by atoms with van der Waals surface area (Å²) >= 11 is 0.578. The van der Waals surface area contributed by atoms with Gasteiger partial charge < -0.3 is 5.32 Å². The maximum Gasteiger partial charge on any atom is 0.445 e. The van der Waals surface area contributed by atoms with E-state index in [4.69, 9.17) is 0 Å². The average Bonchev–Trinajstić information content (AvgIpc) is 2.70. The Morgan fingerprint density at radius 2 is 1.94 bits per heavy atom. The first kappa shape index (κ1) is 13.6. The molecule has 3 atom stereocenters. The van der Waals surface area contributed by atoms with E-state index in [2.05, 4.69) is 29.4 Å². The van der Waals surface area contributed by atoms with E-state index in [9.17, 15) is 13.2 Å². The molecule has 2 rings (SSSR count). The van der Waals surface area contributed by atoms with E-state index in [0.717, 1.165) is 19.3 Å². The number of anilines is 1. The topological polar surface area (TPSA) is 37.8 Å². The molecule has 1 saturated carbocycles. The van der Waals surface area contributed by atoms with Gasteiger partial charge in [-0.15, -0.1) is 10.2 Å². The summed E-state index contributed by atoms with van der Waals surface area (Å²) < 4.78 is 37.2. The molecule has 1 heterocycles. The summed E-state index contributed by atoms with van der Waals surface area (Å²) in [5, 5.41) is 9.21. The molecule has 1 N–H and O–H groups in total. The average molecular weight is 279 g/mol. The SMILES string of the molecule is CC1CCC(Nc2nnc(C(F)(F)F)s2)C(C)C1. The van der Waals surface area contributed by atoms with Crippen LogP contribution < -0.4 is 5.32 Å². The zero-order chi connectivity index (χ0) is 13.3. The van der Waals surface area contributed by atoms with Gasteiger partial charge in [0.15, 0.2) is 0 Å². The molecule has 1 aromatic heterocycles. The molecule has 0 bridgehead atoms. The quantitative estimate of drug-likeness (QED) is 0.895. The van der Waals surface area contributed by atoms with Crippen molar-refractivity contribution in [1.82, 2.24) is 10.2 Å². The maximum atomic E-state index is 12.4. The van der Waals surface area contributed by atoms with Crippen LogP contribution in [-0.4, -0.2) is 16.2 Å². The third-order valence-corrected chi connectivity index (χ3v) is 4.31. The van der Waals surface area contributed by atoms with Gasteiger partial charge in [0.1, 0.15) is 0 Å². The minimum Gasteiger partial charge on any atom is -0.357 e. The van der Waals surface area contributed by atoms with E-state index in [-0.39, 0.29) is 11.2 Å². The summed E-state index contributed by atoms with van der Waals surface area (Å²) in [6.45, 7) is 4.33. The molecule has 1 aliphatic carbocycles. The van der Waals surface area contributed by atoms with Gasteiger partial charge in [-0.1, -0.05) is 25.2 Å². The second-order valence-corrected chi connectivity index (χ2v) is 6.03. The van der Waals surface area contributed by atoms with Crippen molar-refractivity contribution in [2.45, 2.75) is 45.3 Å². The van der Waals surface area contributed by atoms with Crippen molar-refractivity contribution in [3.05, 3.63) is 5.01 Å². The molecule has 3 unspecified atom stereocenters. The molecular formula is C11H16F3N3S. The Labute approximate surface area is 108 Å². The third-order valence-electron chi connectivity index (χ3n) is 3.41. The molecule has 1 aliphatic rings. The first-order valence-electron chi connectivity index (χ1n) is 6.03. The fourth-order valence-corrected chi connectivity index (χ4v) is 3.11. The minimum atomic E-state index is -4.40. The van der Waals surface area contributed by atoms with Crippen molar-refractivity contribution in [1.29, 1.82) is 0 Å². The van der Waals surface area contributed by atoms with Crippen molar-refractivity contribution in [3.63, 3.8) is 0 Å². The van der Waals surface area contributed by atoms with Crippen LogP contribution in [0.4, 0.5) is 18.3 Å². The predicted octanol–water partition coefficient (Wildman–Crippen LogP) is 3.79. The fourth-order valence-electron chi connectivity index (χ4n) is 2.43. The minimum absolute atomic E-state index is 0.204. The molecule has 18 heavy (non-hydrogen) atoms. The van der Waals surface area contributed by atoms with E-state index in [0.29, 0.717) is 23.2 Å². The molecule has 1 aromatic rings. The molecular weight excluding hydrogens is 263 g/mol. The predicted molar refractivity (Wildman–Crippen MR) is 64.5 cm³/mol. The van der Waals surface area contributed by atoms with E-state index >= 15 is 0 Å². The molecule has 3 nitrogen and oxygen atoms in total. The summed E-state index contributed by atoms with van der Waals surface area (Å²) in [6, 6.07) is 0.204. The van der Waals surface area contributed by atoms with Gasteiger partial charge in [0.2, 0.25) is 10.1 Å². The van der Waals surface area contributed by atoms with Gasteiger partial charge in [-0.3, -0.25) is 0 Å². The number of nitrogens with one attached hydrogen (secondary N) is 1. The second kappa shape index (κ2) is 5.03. The summed E-state index contributed by atoms with van der Waals surface area (Å²) in [4.78, 5) is 0. The normalized spacial score (nSPS) is 29.3. The fraction of sp³-hybridized carbons (Fsp3) is 0.818. The van der Waals surface area contributed by atoms with E-state index in [1.165, 1.54) is 0 Å². The Balaban J connectivity index is 1.99. The maximum absolute atomic E-state index is 12.4. The summed E-state index contributed by atoms with van der Waals surface area (Å²) in [6.07, 6.45) is -1.22. The van der Waals surface area contributed by atoms with E-state index < -0.39 is 11.2 Å². The Morgan fingerprint density at radius 1 is 1.22 bits per heavy atom. The Bertz CT molecular complexity index is 404. The summed E-state index contributed by atoms with van der Waals surface area (Å²) in [7, 11) is 0. The number of halogens is 3. The molecule has 7 heteroatoms. The highest BCUT2D eigenvalue weighted by atomic mass is 32.1. The first-order chi connectivity index (χ1) is 8.36. The zero-order valence-corrected chi connectivity index (χ0v) is 11.1. The van der Waals surface area contributed by atoms with Crippen molar-refractivity contribution in [2.75, 3.05) is 5.32 Å². The Kier molecular flexibility index (Phi) is 3.79. The number of hydrogen-bond acceptors (Lipinski definition) is 4. The van der Waals surface area contributed by atoms with Crippen LogP contribution in [0.25, 0.3) is 0 Å². The van der Waals surface area contributed by atoms with Crippen LogP contribution in [0.3, 0.4) is 0 Å². The molecule has 0 spiro atoms. The molecule has 0 aliphatic heterocycles. The standard InChI is InChI=1S/C11H16F3N3S/c1-6-3-4-8(7(2)5-6)15-10-17-16-9(18-10)11(12,13)14/h6-8H,3-5H2,1-2H3,(H,15,17). The second-order valence-electron chi connectivity index (χ2n) is 5.06. The molecule has 0 aromatic carbocycles. The number of aromatic nitrogens is 2. The van der Waals surface area contributed by atoms with E-state index in [1.54, 1.807) is 0 Å². The molecule has 0 saturated heterocycles. The van der Waals surface area contributed by atoms with Gasteiger partial charge in [0.05, 0.1) is 0 Å². The number of nitrogens with zero attached hydrogens (tertiary/aromatic N) is 2. The molecule has 102 valence electrons. The van der Waals surface area contributed by atoms with Gasteiger partial charge in [-0.25, -0.2) is 0 Å². The Morgan fingerprint density at radius 3 is 2.50 bits per heavy atom. The summed E-state index contributed by atoms with van der Waals surface area (Å²) in [5.74, 6) is 1.14. The van der Waals surface area contributed by atoms with Gasteiger partial charge in [0, 0.05) is 6.04 Å². The van der Waals surface area contributed by atoms with E-state index in [1.807, 2.05) is 0 Å². The number of alkyl halides is 3. The monoisotopic (exact) mass is 279 g/mol. The number of hydrogen-bond donors (Lipinski definition) is 1. The lowest BCUT2D eigenvalue weighted by Gasteiger charge is -2.32. The highest BCUT2D eigenvalue weighted by Crippen LogP contribution is 2.35. The largest absolute Gasteiger partial charge is 0.445 e. The van der Waals surface area contributed by atoms with Crippen molar-refractivity contribution in [2.24, 2.45) is 11.8 Å². The van der Waals surface area contributed by atoms with Gasteiger partial charge in [0.25, 0.3) is 0 Å². The lowest BCUT2D eigenvalue weighted by atomic mass is 9.80. The van der Waals surface area contributed by atoms with Gasteiger partial charge in [-0.05, 0) is 31.1 Å². The van der Waals surface area contributed by atoms with Crippen LogP contribution in [0, 0.1) is 11.8 Å². The highest BCUT2D eigenvalue weighted by molar-refractivity contribution is 7.15. The van der Waals surface area contributed by atoms with Gasteiger partial charge >= 0.3 is 6.18 Å². The van der Waals surface area contributed by atoms with Crippen LogP contribution in [0.1, 0.15) is 38.1 Å². The van der Waals surface area contributed by atoms with Crippen molar-refractivity contribution < 1.29 is 13.2 Å².